The maximum atomic E-state index is 14.1. The number of carbonyl (C=O) groups is 1. The van der Waals surface area contributed by atoms with Crippen LogP contribution in [0.5, 0.6) is 5.75 Å². The van der Waals surface area contributed by atoms with Gasteiger partial charge in [0.2, 0.25) is 0 Å². The van der Waals surface area contributed by atoms with E-state index >= 15 is 0 Å². The van der Waals surface area contributed by atoms with Crippen molar-refractivity contribution in [1.82, 2.24) is 19.2 Å². The summed E-state index contributed by atoms with van der Waals surface area (Å²) in [5, 5.41) is 8.19. The third-order valence-electron chi connectivity index (χ3n) is 7.24. The molecule has 7 heteroatoms. The van der Waals surface area contributed by atoms with Crippen molar-refractivity contribution in [2.45, 2.75) is 32.9 Å². The van der Waals surface area contributed by atoms with Crippen LogP contribution in [-0.2, 0) is 13.0 Å². The number of aromatic nitrogens is 3. The van der Waals surface area contributed by atoms with Crippen LogP contribution in [0.15, 0.2) is 97.2 Å². The quantitative estimate of drug-likeness (QED) is 0.283. The summed E-state index contributed by atoms with van der Waals surface area (Å²) in [5.74, 6) is 1.70. The number of amides is 2. The highest BCUT2D eigenvalue weighted by Gasteiger charge is 2.36. The van der Waals surface area contributed by atoms with Crippen molar-refractivity contribution >= 4 is 11.7 Å². The van der Waals surface area contributed by atoms with Crippen LogP contribution < -0.4 is 10.1 Å². The lowest BCUT2D eigenvalue weighted by atomic mass is 10.0. The molecule has 2 amide bonds. The fourth-order valence-corrected chi connectivity index (χ4v) is 5.43. The number of hydrogen-bond donors (Lipinski definition) is 1. The summed E-state index contributed by atoms with van der Waals surface area (Å²) in [7, 11) is 1.66. The van der Waals surface area contributed by atoms with Gasteiger partial charge in [0.15, 0.2) is 0 Å². The van der Waals surface area contributed by atoms with Crippen LogP contribution in [0.1, 0.15) is 41.0 Å². The molecule has 0 aliphatic carbocycles. The number of urea groups is 1. The van der Waals surface area contributed by atoms with E-state index in [1.165, 1.54) is 0 Å². The summed E-state index contributed by atoms with van der Waals surface area (Å²) in [4.78, 5) is 16.0. The second kappa shape index (κ2) is 10.2. The zero-order valence-corrected chi connectivity index (χ0v) is 22.3. The maximum Gasteiger partial charge on any atom is 0.322 e. The number of carbonyl (C=O) groups excluding carboxylic acids is 1. The number of para-hydroxylation sites is 1. The molecule has 196 valence electrons. The van der Waals surface area contributed by atoms with Gasteiger partial charge in [-0.25, -0.2) is 9.48 Å². The Balaban J connectivity index is 1.56. The van der Waals surface area contributed by atoms with Gasteiger partial charge in [-0.1, -0.05) is 49.4 Å². The monoisotopic (exact) mass is 517 g/mol. The standard InChI is InChI=1S/C32H31N5O2/c1-4-28-27-21-36(32(38)33-24-13-8-11-22(2)19-24)30(23-12-9-16-26(20-23)39-3)29-17-10-18-35(29)31(27)37(34-28)25-14-6-5-7-15-25/h5-20,30H,4,21H2,1-3H3,(H,33,38)/t30-/m0/s1. The number of anilines is 1. The largest absolute Gasteiger partial charge is 0.497 e. The van der Waals surface area contributed by atoms with Crippen LogP contribution in [0, 0.1) is 6.92 Å². The minimum absolute atomic E-state index is 0.177. The average molecular weight is 518 g/mol. The van der Waals surface area contributed by atoms with Gasteiger partial charge < -0.3 is 19.5 Å². The molecule has 5 aromatic rings. The normalized spacial score (nSPS) is 14.3. The van der Waals surface area contributed by atoms with Gasteiger partial charge in [0.1, 0.15) is 11.6 Å². The number of ether oxygens (including phenoxy) is 1. The summed E-state index contributed by atoms with van der Waals surface area (Å²) in [5.41, 5.74) is 6.76. The van der Waals surface area contributed by atoms with Gasteiger partial charge in [0.25, 0.3) is 0 Å². The van der Waals surface area contributed by atoms with Crippen molar-refractivity contribution in [1.29, 1.82) is 0 Å². The second-order valence-electron chi connectivity index (χ2n) is 9.76. The van der Waals surface area contributed by atoms with Crippen molar-refractivity contribution in [2.24, 2.45) is 0 Å². The van der Waals surface area contributed by atoms with Gasteiger partial charge in [0.05, 0.1) is 36.8 Å². The van der Waals surface area contributed by atoms with Crippen molar-refractivity contribution < 1.29 is 9.53 Å². The van der Waals surface area contributed by atoms with Gasteiger partial charge in [-0.15, -0.1) is 0 Å². The van der Waals surface area contributed by atoms with Crippen molar-refractivity contribution in [3.63, 3.8) is 0 Å². The highest BCUT2D eigenvalue weighted by Crippen LogP contribution is 2.39. The molecule has 0 saturated heterocycles. The highest BCUT2D eigenvalue weighted by molar-refractivity contribution is 5.90. The van der Waals surface area contributed by atoms with Crippen LogP contribution in [-0.4, -0.2) is 32.4 Å². The Kier molecular flexibility index (Phi) is 6.40. The molecule has 0 spiro atoms. The third-order valence-corrected chi connectivity index (χ3v) is 7.24. The van der Waals surface area contributed by atoms with E-state index in [1.54, 1.807) is 7.11 Å². The van der Waals surface area contributed by atoms with E-state index in [2.05, 4.69) is 47.3 Å². The molecule has 1 aliphatic heterocycles. The summed E-state index contributed by atoms with van der Waals surface area (Å²) >= 11 is 0. The fraction of sp³-hybridized carbons (Fsp3) is 0.188. The Bertz CT molecular complexity index is 1640. The van der Waals surface area contributed by atoms with Crippen LogP contribution in [0.4, 0.5) is 10.5 Å². The van der Waals surface area contributed by atoms with E-state index in [0.717, 1.165) is 57.4 Å². The molecule has 0 fully saturated rings. The topological polar surface area (TPSA) is 64.3 Å². The molecule has 1 atom stereocenters. The van der Waals surface area contributed by atoms with E-state index in [0.29, 0.717) is 6.54 Å². The number of benzene rings is 3. The SMILES string of the molecule is CCc1nn(-c2ccccc2)c2c1CN(C(=O)Nc1cccc(C)c1)[C@@H](c1cccc(OC)c1)c1cccn1-2. The smallest absolute Gasteiger partial charge is 0.322 e. The van der Waals surface area contributed by atoms with E-state index in [9.17, 15) is 4.79 Å². The lowest BCUT2D eigenvalue weighted by Crippen LogP contribution is -2.38. The van der Waals surface area contributed by atoms with Crippen molar-refractivity contribution in [3.05, 3.63) is 125 Å². The summed E-state index contributed by atoms with van der Waals surface area (Å²) in [6.07, 6.45) is 2.81. The fourth-order valence-electron chi connectivity index (χ4n) is 5.43. The number of fused-ring (bicyclic) bond motifs is 3. The number of rotatable bonds is 5. The lowest BCUT2D eigenvalue weighted by molar-refractivity contribution is 0.194. The molecule has 0 unspecified atom stereocenters. The molecule has 1 aliphatic rings. The number of nitrogens with zero attached hydrogens (tertiary/aromatic N) is 4. The molecule has 2 aromatic heterocycles. The molecular weight excluding hydrogens is 486 g/mol. The molecule has 7 nitrogen and oxygen atoms in total. The Morgan fingerprint density at radius 2 is 1.82 bits per heavy atom. The Labute approximate surface area is 228 Å². The molecule has 0 bridgehead atoms. The van der Waals surface area contributed by atoms with Gasteiger partial charge in [-0.05, 0) is 73.0 Å². The third kappa shape index (κ3) is 4.46. The average Bonchev–Trinajstić information content (AvgIpc) is 3.54. The second-order valence-corrected chi connectivity index (χ2v) is 9.76. The Morgan fingerprint density at radius 3 is 2.59 bits per heavy atom. The predicted octanol–water partition coefficient (Wildman–Crippen LogP) is 6.68. The van der Waals surface area contributed by atoms with Crippen LogP contribution in [0.25, 0.3) is 11.5 Å². The number of aryl methyl sites for hydroxylation is 2. The van der Waals surface area contributed by atoms with Crippen molar-refractivity contribution in [2.75, 3.05) is 12.4 Å². The van der Waals surface area contributed by atoms with Gasteiger partial charge in [-0.2, -0.15) is 5.10 Å². The first-order valence-corrected chi connectivity index (χ1v) is 13.2. The number of nitrogens with one attached hydrogen (secondary N) is 1. The first kappa shape index (κ1) is 24.6. The highest BCUT2D eigenvalue weighted by atomic mass is 16.5. The minimum atomic E-state index is -0.360. The summed E-state index contributed by atoms with van der Waals surface area (Å²) in [6, 6.07) is 29.6. The summed E-state index contributed by atoms with van der Waals surface area (Å²) < 4.78 is 9.75. The van der Waals surface area contributed by atoms with E-state index in [1.807, 2.05) is 83.2 Å². The van der Waals surface area contributed by atoms with E-state index < -0.39 is 0 Å². The molecule has 39 heavy (non-hydrogen) atoms. The Morgan fingerprint density at radius 1 is 1.00 bits per heavy atom. The predicted molar refractivity (Wildman–Crippen MR) is 153 cm³/mol. The van der Waals surface area contributed by atoms with Gasteiger partial charge in [0, 0.05) is 17.4 Å². The first-order valence-electron chi connectivity index (χ1n) is 13.2. The van der Waals surface area contributed by atoms with Gasteiger partial charge >= 0.3 is 6.03 Å². The van der Waals surface area contributed by atoms with Gasteiger partial charge in [-0.3, -0.25) is 0 Å². The molecule has 3 heterocycles. The molecule has 1 N–H and O–H groups in total. The number of hydrogen-bond acceptors (Lipinski definition) is 3. The minimum Gasteiger partial charge on any atom is -0.497 e. The zero-order chi connectivity index (χ0) is 26.9. The summed E-state index contributed by atoms with van der Waals surface area (Å²) in [6.45, 7) is 4.52. The Hall–Kier alpha value is -4.78. The van der Waals surface area contributed by atoms with Crippen LogP contribution in [0.2, 0.25) is 0 Å². The maximum absolute atomic E-state index is 14.1. The molecule has 0 saturated carbocycles. The van der Waals surface area contributed by atoms with Crippen LogP contribution in [0.3, 0.4) is 0 Å². The molecule has 0 radical (unpaired) electrons. The first-order chi connectivity index (χ1) is 19.1. The lowest BCUT2D eigenvalue weighted by Gasteiger charge is -2.31. The van der Waals surface area contributed by atoms with E-state index in [4.69, 9.17) is 9.84 Å². The molecule has 6 rings (SSSR count). The van der Waals surface area contributed by atoms with E-state index in [-0.39, 0.29) is 12.1 Å². The number of methoxy groups -OCH3 is 1. The molecule has 3 aromatic carbocycles. The van der Waals surface area contributed by atoms with Crippen LogP contribution >= 0.6 is 0 Å². The van der Waals surface area contributed by atoms with Crippen molar-refractivity contribution in [3.8, 4) is 17.3 Å². The molecular formula is C32H31N5O2. The zero-order valence-electron chi connectivity index (χ0n) is 22.3.